The zero-order valence-electron chi connectivity index (χ0n) is 14.1. The number of benzene rings is 2. The van der Waals surface area contributed by atoms with Crippen LogP contribution in [0.4, 0.5) is 11.4 Å². The van der Waals surface area contributed by atoms with Gasteiger partial charge in [0, 0.05) is 23.7 Å². The molecule has 0 aliphatic carbocycles. The molecule has 0 bridgehead atoms. The molecule has 0 aliphatic heterocycles. The van der Waals surface area contributed by atoms with Gasteiger partial charge >= 0.3 is 0 Å². The molecule has 6 heteroatoms. The van der Waals surface area contributed by atoms with Crippen molar-refractivity contribution in [2.24, 2.45) is 0 Å². The Kier molecular flexibility index (Phi) is 5.65. The maximum atomic E-state index is 11.4. The van der Waals surface area contributed by atoms with E-state index in [2.05, 4.69) is 25.5 Å². The fourth-order valence-electron chi connectivity index (χ4n) is 2.52. The topological polar surface area (TPSA) is 76.7 Å². The highest BCUT2D eigenvalue weighted by Crippen LogP contribution is 2.26. The first kappa shape index (κ1) is 17.6. The van der Waals surface area contributed by atoms with Crippen LogP contribution in [0.25, 0.3) is 0 Å². The summed E-state index contributed by atoms with van der Waals surface area (Å²) in [6, 6.07) is 12.5. The maximum Gasteiger partial charge on any atom is 0.293 e. The van der Waals surface area contributed by atoms with E-state index in [-0.39, 0.29) is 11.5 Å². The Morgan fingerprint density at radius 3 is 2.42 bits per heavy atom. The van der Waals surface area contributed by atoms with Crippen molar-refractivity contribution >= 4 is 17.2 Å². The molecule has 0 aromatic heterocycles. The largest absolute Gasteiger partial charge is 0.375 e. The molecule has 126 valence electrons. The summed E-state index contributed by atoms with van der Waals surface area (Å²) < 4.78 is 0. The lowest BCUT2D eigenvalue weighted by atomic mass is 10.1. The van der Waals surface area contributed by atoms with Gasteiger partial charge in [-0.2, -0.15) is 0 Å². The van der Waals surface area contributed by atoms with Crippen molar-refractivity contribution in [1.29, 1.82) is 0 Å². The molecule has 0 radical (unpaired) electrons. The van der Waals surface area contributed by atoms with Gasteiger partial charge in [0.2, 0.25) is 0 Å². The molecule has 0 saturated heterocycles. The smallest absolute Gasteiger partial charge is 0.293 e. The third kappa shape index (κ3) is 4.39. The average molecular weight is 328 g/mol. The number of hydrogen-bond donors (Lipinski definition) is 2. The van der Waals surface area contributed by atoms with Crippen LogP contribution in [-0.2, 0) is 13.1 Å². The van der Waals surface area contributed by atoms with Gasteiger partial charge in [0.15, 0.2) is 5.78 Å². The summed E-state index contributed by atoms with van der Waals surface area (Å²) in [6.07, 6.45) is 0. The van der Waals surface area contributed by atoms with Crippen molar-refractivity contribution < 1.29 is 14.6 Å². The van der Waals surface area contributed by atoms with Gasteiger partial charge in [-0.15, -0.1) is 0 Å². The van der Waals surface area contributed by atoms with Gasteiger partial charge in [0.05, 0.1) is 19.0 Å². The normalized spacial score (nSPS) is 10.7. The summed E-state index contributed by atoms with van der Waals surface area (Å²) in [7, 11) is 4.16. The van der Waals surface area contributed by atoms with Crippen LogP contribution in [0.5, 0.6) is 0 Å². The lowest BCUT2D eigenvalue weighted by molar-refractivity contribution is -0.872. The van der Waals surface area contributed by atoms with Crippen LogP contribution in [0, 0.1) is 10.1 Å². The second kappa shape index (κ2) is 7.70. The van der Waals surface area contributed by atoms with Crippen molar-refractivity contribution in [2.45, 2.75) is 20.0 Å². The molecule has 2 aromatic carbocycles. The van der Waals surface area contributed by atoms with Gasteiger partial charge in [0.25, 0.3) is 5.69 Å². The van der Waals surface area contributed by atoms with E-state index >= 15 is 0 Å². The Labute approximate surface area is 141 Å². The van der Waals surface area contributed by atoms with Crippen molar-refractivity contribution in [3.05, 3.63) is 69.3 Å². The van der Waals surface area contributed by atoms with E-state index in [9.17, 15) is 14.9 Å². The highest BCUT2D eigenvalue weighted by atomic mass is 16.6. The van der Waals surface area contributed by atoms with E-state index in [1.54, 1.807) is 12.1 Å². The third-order valence-electron chi connectivity index (χ3n) is 3.73. The molecule has 0 unspecified atom stereocenters. The second-order valence-corrected chi connectivity index (χ2v) is 6.05. The molecule has 0 aliphatic rings. The molecule has 6 nitrogen and oxygen atoms in total. The summed E-state index contributed by atoms with van der Waals surface area (Å²) in [6.45, 7) is 2.76. The number of nitro groups is 1. The van der Waals surface area contributed by atoms with E-state index in [1.807, 2.05) is 18.2 Å². The van der Waals surface area contributed by atoms with E-state index in [1.165, 1.54) is 23.5 Å². The number of rotatable bonds is 7. The van der Waals surface area contributed by atoms with Gasteiger partial charge in [-0.05, 0) is 24.6 Å². The molecule has 0 saturated carbocycles. The van der Waals surface area contributed by atoms with Crippen LogP contribution >= 0.6 is 0 Å². The first-order chi connectivity index (χ1) is 11.4. The Morgan fingerprint density at radius 1 is 1.17 bits per heavy atom. The van der Waals surface area contributed by atoms with Crippen LogP contribution in [0.15, 0.2) is 42.5 Å². The van der Waals surface area contributed by atoms with Gasteiger partial charge in [-0.3, -0.25) is 14.9 Å². The fourth-order valence-corrected chi connectivity index (χ4v) is 2.52. The SMILES string of the molecule is CC(=O)c1ccc(NCc2ccccc2C[NH+](C)C)c([N+](=O)[O-])c1. The Bertz CT molecular complexity index is 757. The van der Waals surface area contributed by atoms with Gasteiger partial charge in [0.1, 0.15) is 12.2 Å². The number of carbonyl (C=O) groups is 1. The van der Waals surface area contributed by atoms with E-state index < -0.39 is 4.92 Å². The first-order valence-electron chi connectivity index (χ1n) is 7.77. The van der Waals surface area contributed by atoms with Gasteiger partial charge in [-0.1, -0.05) is 24.3 Å². The molecule has 0 atom stereocenters. The summed E-state index contributed by atoms with van der Waals surface area (Å²) >= 11 is 0. The summed E-state index contributed by atoms with van der Waals surface area (Å²) in [5.74, 6) is -0.191. The summed E-state index contributed by atoms with van der Waals surface area (Å²) in [5.41, 5.74) is 2.97. The van der Waals surface area contributed by atoms with Crippen LogP contribution in [0.2, 0.25) is 0 Å². The molecule has 0 fully saturated rings. The molecule has 2 N–H and O–H groups in total. The number of nitro benzene ring substituents is 1. The van der Waals surface area contributed by atoms with Crippen molar-refractivity contribution in [1.82, 2.24) is 0 Å². The Morgan fingerprint density at radius 2 is 1.83 bits per heavy atom. The fraction of sp³-hybridized carbons (Fsp3) is 0.278. The standard InChI is InChI=1S/C18H21N3O3/c1-13(22)14-8-9-17(18(10-14)21(23)24)19-11-15-6-4-5-7-16(15)12-20(2)3/h4-10,19H,11-12H2,1-3H3/p+1. The molecule has 0 amide bonds. The summed E-state index contributed by atoms with van der Waals surface area (Å²) in [4.78, 5) is 23.5. The maximum absolute atomic E-state index is 11.4. The predicted molar refractivity (Wildman–Crippen MR) is 93.4 cm³/mol. The second-order valence-electron chi connectivity index (χ2n) is 6.05. The number of carbonyl (C=O) groups excluding carboxylic acids is 1. The van der Waals surface area contributed by atoms with E-state index in [0.29, 0.717) is 17.8 Å². The highest BCUT2D eigenvalue weighted by molar-refractivity contribution is 5.95. The van der Waals surface area contributed by atoms with Crippen molar-refractivity contribution in [2.75, 3.05) is 19.4 Å². The highest BCUT2D eigenvalue weighted by Gasteiger charge is 2.16. The molecule has 0 heterocycles. The van der Waals surface area contributed by atoms with Crippen LogP contribution in [0.3, 0.4) is 0 Å². The number of ketones is 1. The monoisotopic (exact) mass is 328 g/mol. The molecule has 24 heavy (non-hydrogen) atoms. The van der Waals surface area contributed by atoms with E-state index in [0.717, 1.165) is 12.1 Å². The summed E-state index contributed by atoms with van der Waals surface area (Å²) in [5, 5.41) is 14.4. The van der Waals surface area contributed by atoms with E-state index in [4.69, 9.17) is 0 Å². The number of hydrogen-bond acceptors (Lipinski definition) is 4. The molecular formula is C18H22N3O3+. The van der Waals surface area contributed by atoms with Crippen LogP contribution in [-0.4, -0.2) is 24.8 Å². The minimum Gasteiger partial charge on any atom is -0.375 e. The molecule has 2 aromatic rings. The minimum atomic E-state index is -0.468. The minimum absolute atomic E-state index is 0.0848. The molecule has 2 rings (SSSR count). The Balaban J connectivity index is 2.23. The zero-order valence-corrected chi connectivity index (χ0v) is 14.1. The lowest BCUT2D eigenvalue weighted by Gasteiger charge is -2.13. The Hall–Kier alpha value is -2.73. The van der Waals surface area contributed by atoms with Crippen molar-refractivity contribution in [3.63, 3.8) is 0 Å². The quantitative estimate of drug-likeness (QED) is 0.463. The number of quaternary nitrogens is 1. The predicted octanol–water partition coefficient (Wildman–Crippen LogP) is 2.05. The molecular weight excluding hydrogens is 306 g/mol. The number of nitrogens with zero attached hydrogens (tertiary/aromatic N) is 1. The number of anilines is 1. The lowest BCUT2D eigenvalue weighted by Crippen LogP contribution is -3.04. The van der Waals surface area contributed by atoms with Crippen LogP contribution < -0.4 is 10.2 Å². The first-order valence-corrected chi connectivity index (χ1v) is 7.77. The number of Topliss-reactive ketones (excluding diaryl/α,β-unsaturated/α-hetero) is 1. The molecule has 0 spiro atoms. The average Bonchev–Trinajstić information content (AvgIpc) is 2.53. The van der Waals surface area contributed by atoms with Gasteiger partial charge < -0.3 is 10.2 Å². The number of nitrogens with one attached hydrogen (secondary N) is 2. The van der Waals surface area contributed by atoms with Crippen LogP contribution in [0.1, 0.15) is 28.4 Å². The zero-order chi connectivity index (χ0) is 17.7. The van der Waals surface area contributed by atoms with Crippen molar-refractivity contribution in [3.8, 4) is 0 Å². The van der Waals surface area contributed by atoms with Gasteiger partial charge in [-0.25, -0.2) is 0 Å². The third-order valence-corrected chi connectivity index (χ3v) is 3.73.